The molecule has 3 rings (SSSR count). The van der Waals surface area contributed by atoms with Gasteiger partial charge in [0.1, 0.15) is 11.3 Å². The summed E-state index contributed by atoms with van der Waals surface area (Å²) in [5, 5.41) is 3.10. The van der Waals surface area contributed by atoms with Crippen LogP contribution in [0.1, 0.15) is 23.2 Å². The van der Waals surface area contributed by atoms with E-state index >= 15 is 0 Å². The minimum absolute atomic E-state index is 0. The number of hydrogen-bond acceptors (Lipinski definition) is 4. The summed E-state index contributed by atoms with van der Waals surface area (Å²) in [6.45, 7) is 1.44. The lowest BCUT2D eigenvalue weighted by atomic mass is 10.1. The normalized spacial score (nSPS) is 17.1. The first-order valence-electron chi connectivity index (χ1n) is 7.43. The van der Waals surface area contributed by atoms with Crippen LogP contribution in [0.4, 0.5) is 0 Å². The van der Waals surface area contributed by atoms with E-state index in [1.165, 1.54) is 0 Å². The standard InChI is InChI=1S/C16H19N3O3.ClH/c1-17-10-11-4-2-8-19(11)16(21)12-6-7-13(18-15(12)20)14-5-3-9-22-14;/h3,5-7,9,11,17H,2,4,8,10H2,1H3,(H,18,20);1H. The van der Waals surface area contributed by atoms with Gasteiger partial charge in [0.05, 0.1) is 12.0 Å². The Morgan fingerprint density at radius 2 is 2.26 bits per heavy atom. The number of aromatic amines is 1. The molecule has 124 valence electrons. The van der Waals surface area contributed by atoms with Crippen LogP contribution >= 0.6 is 12.4 Å². The molecule has 1 amide bonds. The zero-order chi connectivity index (χ0) is 15.5. The molecule has 6 nitrogen and oxygen atoms in total. The third-order valence-electron chi connectivity index (χ3n) is 4.00. The van der Waals surface area contributed by atoms with E-state index in [0.29, 0.717) is 18.0 Å². The highest BCUT2D eigenvalue weighted by atomic mass is 35.5. The summed E-state index contributed by atoms with van der Waals surface area (Å²) in [6.07, 6.45) is 3.48. The minimum Gasteiger partial charge on any atom is -0.463 e. The Hall–Kier alpha value is -2.05. The van der Waals surface area contributed by atoms with E-state index in [2.05, 4.69) is 10.3 Å². The van der Waals surface area contributed by atoms with Gasteiger partial charge in [0, 0.05) is 19.1 Å². The number of aromatic nitrogens is 1. The van der Waals surface area contributed by atoms with E-state index in [1.807, 2.05) is 7.05 Å². The summed E-state index contributed by atoms with van der Waals surface area (Å²) in [5.41, 5.74) is 0.368. The number of nitrogens with zero attached hydrogens (tertiary/aromatic N) is 1. The molecule has 2 aromatic rings. The predicted molar refractivity (Wildman–Crippen MR) is 90.0 cm³/mol. The van der Waals surface area contributed by atoms with Crippen molar-refractivity contribution in [3.63, 3.8) is 0 Å². The maximum Gasteiger partial charge on any atom is 0.261 e. The number of furan rings is 1. The quantitative estimate of drug-likeness (QED) is 0.893. The zero-order valence-corrected chi connectivity index (χ0v) is 13.7. The number of hydrogen-bond donors (Lipinski definition) is 2. The SMILES string of the molecule is CNCC1CCCN1C(=O)c1ccc(-c2ccco2)[nH]c1=O.Cl. The number of likely N-dealkylation sites (tertiary alicyclic amines) is 1. The molecular formula is C16H20ClN3O3. The Bertz CT molecular complexity index is 712. The average Bonchev–Trinajstić information content (AvgIpc) is 3.18. The Balaban J connectivity index is 0.00000192. The molecule has 0 aromatic carbocycles. The van der Waals surface area contributed by atoms with Crippen molar-refractivity contribution in [2.24, 2.45) is 0 Å². The number of amides is 1. The van der Waals surface area contributed by atoms with Crippen LogP contribution in [-0.4, -0.2) is 42.0 Å². The van der Waals surface area contributed by atoms with Crippen LogP contribution in [0, 0.1) is 0 Å². The molecule has 0 saturated carbocycles. The van der Waals surface area contributed by atoms with Gasteiger partial charge >= 0.3 is 0 Å². The highest BCUT2D eigenvalue weighted by molar-refractivity contribution is 5.94. The summed E-state index contributed by atoms with van der Waals surface area (Å²) in [4.78, 5) is 29.3. The van der Waals surface area contributed by atoms with Crippen molar-refractivity contribution in [3.8, 4) is 11.5 Å². The maximum atomic E-state index is 12.6. The lowest BCUT2D eigenvalue weighted by molar-refractivity contribution is 0.0735. The van der Waals surface area contributed by atoms with Crippen LogP contribution in [-0.2, 0) is 0 Å². The lowest BCUT2D eigenvalue weighted by Gasteiger charge is -2.24. The second-order valence-electron chi connectivity index (χ2n) is 5.44. The molecule has 0 aliphatic carbocycles. The first-order chi connectivity index (χ1) is 10.7. The second kappa shape index (κ2) is 7.48. The number of H-pyrrole nitrogens is 1. The number of halogens is 1. The highest BCUT2D eigenvalue weighted by Gasteiger charge is 2.30. The molecule has 1 aliphatic rings. The minimum atomic E-state index is -0.381. The van der Waals surface area contributed by atoms with Gasteiger partial charge in [-0.1, -0.05) is 0 Å². The first-order valence-corrected chi connectivity index (χ1v) is 7.43. The molecule has 0 radical (unpaired) electrons. The smallest absolute Gasteiger partial charge is 0.261 e. The van der Waals surface area contributed by atoms with Crippen molar-refractivity contribution in [2.45, 2.75) is 18.9 Å². The Morgan fingerprint density at radius 1 is 1.43 bits per heavy atom. The van der Waals surface area contributed by atoms with Crippen LogP contribution in [0.25, 0.3) is 11.5 Å². The molecule has 2 aromatic heterocycles. The fraction of sp³-hybridized carbons (Fsp3) is 0.375. The van der Waals surface area contributed by atoms with E-state index in [9.17, 15) is 9.59 Å². The van der Waals surface area contributed by atoms with Gasteiger partial charge in [-0.05, 0) is 44.2 Å². The molecule has 0 bridgehead atoms. The molecule has 2 N–H and O–H groups in total. The van der Waals surface area contributed by atoms with Gasteiger partial charge in [-0.3, -0.25) is 9.59 Å². The number of likely N-dealkylation sites (N-methyl/N-ethyl adjacent to an activating group) is 1. The summed E-state index contributed by atoms with van der Waals surface area (Å²) >= 11 is 0. The van der Waals surface area contributed by atoms with Crippen LogP contribution in [0.3, 0.4) is 0 Å². The summed E-state index contributed by atoms with van der Waals surface area (Å²) in [6, 6.07) is 6.95. The van der Waals surface area contributed by atoms with Crippen molar-refractivity contribution >= 4 is 18.3 Å². The van der Waals surface area contributed by atoms with Crippen molar-refractivity contribution < 1.29 is 9.21 Å². The average molecular weight is 338 g/mol. The van der Waals surface area contributed by atoms with Crippen LogP contribution in [0.15, 0.2) is 39.7 Å². The highest BCUT2D eigenvalue weighted by Crippen LogP contribution is 2.20. The molecule has 1 atom stereocenters. The molecule has 1 fully saturated rings. The molecule has 23 heavy (non-hydrogen) atoms. The van der Waals surface area contributed by atoms with E-state index in [4.69, 9.17) is 4.42 Å². The molecule has 1 unspecified atom stereocenters. The Labute approximate surface area is 140 Å². The monoisotopic (exact) mass is 337 g/mol. The number of carbonyl (C=O) groups is 1. The van der Waals surface area contributed by atoms with Crippen LogP contribution in [0.2, 0.25) is 0 Å². The van der Waals surface area contributed by atoms with Crippen molar-refractivity contribution in [1.29, 1.82) is 0 Å². The fourth-order valence-corrected chi connectivity index (χ4v) is 2.92. The number of nitrogens with one attached hydrogen (secondary N) is 2. The number of pyridine rings is 1. The van der Waals surface area contributed by atoms with Gasteiger partial charge in [0.15, 0.2) is 0 Å². The summed E-state index contributed by atoms with van der Waals surface area (Å²) in [7, 11) is 1.87. The molecule has 7 heteroatoms. The lowest BCUT2D eigenvalue weighted by Crippen LogP contribution is -2.42. The van der Waals surface area contributed by atoms with E-state index < -0.39 is 0 Å². The van der Waals surface area contributed by atoms with Crippen molar-refractivity contribution in [3.05, 3.63) is 46.4 Å². The first kappa shape index (κ1) is 17.3. The molecule has 1 saturated heterocycles. The maximum absolute atomic E-state index is 12.6. The van der Waals surface area contributed by atoms with Gasteiger partial charge in [0.25, 0.3) is 11.5 Å². The molecular weight excluding hydrogens is 318 g/mol. The van der Waals surface area contributed by atoms with Gasteiger partial charge in [0.2, 0.25) is 0 Å². The number of rotatable bonds is 4. The van der Waals surface area contributed by atoms with E-state index in [1.54, 1.807) is 35.4 Å². The topological polar surface area (TPSA) is 78.3 Å². The summed E-state index contributed by atoms with van der Waals surface area (Å²) in [5.74, 6) is 0.371. The Morgan fingerprint density at radius 3 is 2.91 bits per heavy atom. The van der Waals surface area contributed by atoms with Gasteiger partial charge in [-0.25, -0.2) is 0 Å². The van der Waals surface area contributed by atoms with Crippen molar-refractivity contribution in [1.82, 2.24) is 15.2 Å². The zero-order valence-electron chi connectivity index (χ0n) is 12.9. The Kier molecular flexibility index (Phi) is 5.63. The van der Waals surface area contributed by atoms with Crippen LogP contribution in [0.5, 0.6) is 0 Å². The predicted octanol–water partition coefficient (Wildman–Crippen LogP) is 1.88. The van der Waals surface area contributed by atoms with E-state index in [0.717, 1.165) is 19.4 Å². The van der Waals surface area contributed by atoms with Gasteiger partial charge in [-0.2, -0.15) is 0 Å². The fourth-order valence-electron chi connectivity index (χ4n) is 2.92. The third-order valence-corrected chi connectivity index (χ3v) is 4.00. The number of carbonyl (C=O) groups excluding carboxylic acids is 1. The van der Waals surface area contributed by atoms with Gasteiger partial charge < -0.3 is 19.6 Å². The van der Waals surface area contributed by atoms with Crippen LogP contribution < -0.4 is 10.9 Å². The largest absolute Gasteiger partial charge is 0.463 e. The molecule has 0 spiro atoms. The third kappa shape index (κ3) is 3.48. The molecule has 3 heterocycles. The molecule has 1 aliphatic heterocycles. The van der Waals surface area contributed by atoms with E-state index in [-0.39, 0.29) is 35.5 Å². The van der Waals surface area contributed by atoms with Gasteiger partial charge in [-0.15, -0.1) is 12.4 Å². The second-order valence-corrected chi connectivity index (χ2v) is 5.44. The summed E-state index contributed by atoms with van der Waals surface area (Å²) < 4.78 is 5.25. The van der Waals surface area contributed by atoms with Crippen molar-refractivity contribution in [2.75, 3.05) is 20.1 Å².